The van der Waals surface area contributed by atoms with Crippen LogP contribution < -0.4 is 0 Å². The summed E-state index contributed by atoms with van der Waals surface area (Å²) in [5.74, 6) is -3.67. The Hall–Kier alpha value is -0.680. The molecule has 0 bridgehead atoms. The minimum absolute atomic E-state index is 0.478. The van der Waals surface area contributed by atoms with Crippen molar-refractivity contribution in [2.75, 3.05) is 0 Å². The van der Waals surface area contributed by atoms with Crippen molar-refractivity contribution in [3.05, 3.63) is 23.8 Å². The molecule has 0 heterocycles. The first kappa shape index (κ1) is 12.4. The molecule has 0 saturated heterocycles. The largest absolute Gasteiger partial charge is 0.478 e. The zero-order valence-corrected chi connectivity index (χ0v) is 8.57. The molecule has 0 aromatic carbocycles. The molecule has 1 atom stereocenters. The Morgan fingerprint density at radius 1 is 1.47 bits per heavy atom. The molecule has 0 spiro atoms. The third kappa shape index (κ3) is 2.66. The van der Waals surface area contributed by atoms with Gasteiger partial charge in [-0.1, -0.05) is 29.3 Å². The van der Waals surface area contributed by atoms with E-state index in [1.807, 2.05) is 0 Å². The van der Waals surface area contributed by atoms with Gasteiger partial charge in [0.2, 0.25) is 0 Å². The van der Waals surface area contributed by atoms with E-state index in [1.165, 1.54) is 0 Å². The molecule has 0 unspecified atom stereocenters. The van der Waals surface area contributed by atoms with Gasteiger partial charge in [-0.2, -0.15) is 13.2 Å². The molecule has 1 aliphatic rings. The van der Waals surface area contributed by atoms with E-state index in [0.717, 1.165) is 12.2 Å². The van der Waals surface area contributed by atoms with Crippen molar-refractivity contribution >= 4 is 29.2 Å². The molecule has 7 heteroatoms. The number of hydrogen-bond donors (Lipinski definition) is 1. The highest BCUT2D eigenvalue weighted by atomic mass is 35.5. The normalized spacial score (nSPS) is 24.9. The summed E-state index contributed by atoms with van der Waals surface area (Å²) in [5, 5.41) is 8.52. The first-order valence-corrected chi connectivity index (χ1v) is 4.49. The van der Waals surface area contributed by atoms with Crippen LogP contribution in [0.5, 0.6) is 0 Å². The first-order valence-electron chi connectivity index (χ1n) is 3.73. The summed E-state index contributed by atoms with van der Waals surface area (Å²) in [6.07, 6.45) is -2.42. The predicted molar refractivity (Wildman–Crippen MR) is 48.8 cm³/mol. The highest BCUT2D eigenvalue weighted by Crippen LogP contribution is 2.45. The molecule has 0 amide bonds. The van der Waals surface area contributed by atoms with Gasteiger partial charge in [0.1, 0.15) is 5.92 Å². The average molecular weight is 261 g/mol. The van der Waals surface area contributed by atoms with E-state index in [9.17, 15) is 18.0 Å². The highest BCUT2D eigenvalue weighted by molar-refractivity contribution is 6.50. The topological polar surface area (TPSA) is 37.3 Å². The summed E-state index contributed by atoms with van der Waals surface area (Å²) < 4.78 is 35.1. The lowest BCUT2D eigenvalue weighted by atomic mass is 9.94. The third-order valence-corrected chi connectivity index (χ3v) is 2.57. The third-order valence-electron chi connectivity index (χ3n) is 1.85. The molecular weight excluding hydrogens is 256 g/mol. The van der Waals surface area contributed by atoms with Crippen molar-refractivity contribution in [2.45, 2.75) is 10.5 Å². The number of allylic oxidation sites excluding steroid dienone is 2. The van der Waals surface area contributed by atoms with Crippen molar-refractivity contribution in [3.8, 4) is 0 Å². The van der Waals surface area contributed by atoms with Gasteiger partial charge < -0.3 is 5.11 Å². The van der Waals surface area contributed by atoms with Crippen LogP contribution >= 0.6 is 23.2 Å². The standard InChI is InChI=1S/C8H5Cl2F3O2/c9-7(10)2-1-4(6(14)15)3-5(7)8(11,12)13/h1-3,5H,(H,14,15)/t5-/m1/s1. The van der Waals surface area contributed by atoms with E-state index < -0.39 is 28.0 Å². The van der Waals surface area contributed by atoms with E-state index in [4.69, 9.17) is 28.3 Å². The summed E-state index contributed by atoms with van der Waals surface area (Å²) in [6.45, 7) is 0. The van der Waals surface area contributed by atoms with Crippen LogP contribution in [-0.2, 0) is 4.79 Å². The van der Waals surface area contributed by atoms with Gasteiger partial charge in [-0.25, -0.2) is 4.79 Å². The lowest BCUT2D eigenvalue weighted by Gasteiger charge is -2.29. The molecule has 15 heavy (non-hydrogen) atoms. The van der Waals surface area contributed by atoms with Crippen molar-refractivity contribution < 1.29 is 23.1 Å². The Bertz CT molecular complexity index is 344. The van der Waals surface area contributed by atoms with Gasteiger partial charge in [-0.05, 0) is 12.2 Å². The number of rotatable bonds is 1. The van der Waals surface area contributed by atoms with Gasteiger partial charge in [-0.3, -0.25) is 0 Å². The molecule has 0 aromatic rings. The van der Waals surface area contributed by atoms with E-state index in [1.54, 1.807) is 0 Å². The van der Waals surface area contributed by atoms with Crippen LogP contribution in [0.2, 0.25) is 0 Å². The second-order valence-corrected chi connectivity index (χ2v) is 4.40. The van der Waals surface area contributed by atoms with Gasteiger partial charge in [0.15, 0.2) is 4.33 Å². The maximum absolute atomic E-state index is 12.4. The molecule has 1 aliphatic carbocycles. The second kappa shape index (κ2) is 3.72. The van der Waals surface area contributed by atoms with Gasteiger partial charge in [-0.15, -0.1) is 0 Å². The summed E-state index contributed by atoms with van der Waals surface area (Å²) >= 11 is 10.8. The number of aliphatic carboxylic acids is 1. The van der Waals surface area contributed by atoms with Gasteiger partial charge in [0, 0.05) is 0 Å². The molecule has 1 rings (SSSR count). The van der Waals surface area contributed by atoms with Gasteiger partial charge >= 0.3 is 12.1 Å². The zero-order chi connectivity index (χ0) is 11.9. The second-order valence-electron chi connectivity index (χ2n) is 2.95. The number of hydrogen-bond acceptors (Lipinski definition) is 1. The SMILES string of the molecule is O=C(O)C1=C[C@@H](C(F)(F)F)C(Cl)(Cl)C=C1. The van der Waals surface area contributed by atoms with Crippen LogP contribution in [-0.4, -0.2) is 21.6 Å². The fourth-order valence-electron chi connectivity index (χ4n) is 1.11. The summed E-state index contributed by atoms with van der Waals surface area (Å²) in [4.78, 5) is 10.5. The number of carboxylic acid groups (broad SMARTS) is 1. The number of carbonyl (C=O) groups is 1. The maximum Gasteiger partial charge on any atom is 0.398 e. The van der Waals surface area contributed by atoms with Crippen LogP contribution in [0, 0.1) is 5.92 Å². The smallest absolute Gasteiger partial charge is 0.398 e. The van der Waals surface area contributed by atoms with E-state index in [0.29, 0.717) is 6.08 Å². The van der Waals surface area contributed by atoms with E-state index >= 15 is 0 Å². The average Bonchev–Trinajstić information content (AvgIpc) is 2.00. The van der Waals surface area contributed by atoms with Crippen LogP contribution in [0.25, 0.3) is 0 Å². The highest BCUT2D eigenvalue weighted by Gasteiger charge is 2.51. The van der Waals surface area contributed by atoms with Crippen molar-refractivity contribution in [1.82, 2.24) is 0 Å². The van der Waals surface area contributed by atoms with Crippen molar-refractivity contribution in [1.29, 1.82) is 0 Å². The lowest BCUT2D eigenvalue weighted by Crippen LogP contribution is -2.37. The summed E-state index contributed by atoms with van der Waals surface area (Å²) in [6, 6.07) is 0. The molecule has 0 fully saturated rings. The van der Waals surface area contributed by atoms with Crippen LogP contribution in [0.4, 0.5) is 13.2 Å². The first-order chi connectivity index (χ1) is 6.64. The monoisotopic (exact) mass is 260 g/mol. The van der Waals surface area contributed by atoms with Gasteiger partial charge in [0.25, 0.3) is 0 Å². The Balaban J connectivity index is 3.12. The fraction of sp³-hybridized carbons (Fsp3) is 0.375. The Kier molecular flexibility index (Phi) is 3.07. The van der Waals surface area contributed by atoms with E-state index in [2.05, 4.69) is 0 Å². The summed E-state index contributed by atoms with van der Waals surface area (Å²) in [7, 11) is 0. The molecule has 0 aromatic heterocycles. The molecule has 0 saturated carbocycles. The minimum Gasteiger partial charge on any atom is -0.478 e. The van der Waals surface area contributed by atoms with Gasteiger partial charge in [0.05, 0.1) is 5.57 Å². The Labute approximate surface area is 93.0 Å². The maximum atomic E-state index is 12.4. The Morgan fingerprint density at radius 3 is 2.40 bits per heavy atom. The number of carboxylic acids is 1. The lowest BCUT2D eigenvalue weighted by molar-refractivity contribution is -0.162. The molecule has 1 N–H and O–H groups in total. The molecule has 84 valence electrons. The predicted octanol–water partition coefficient (Wildman–Crippen LogP) is 2.92. The van der Waals surface area contributed by atoms with Crippen LogP contribution in [0.1, 0.15) is 0 Å². The van der Waals surface area contributed by atoms with Crippen molar-refractivity contribution in [2.24, 2.45) is 5.92 Å². The number of alkyl halides is 5. The molecule has 0 radical (unpaired) electrons. The molecule has 2 nitrogen and oxygen atoms in total. The fourth-order valence-corrected chi connectivity index (χ4v) is 1.61. The molecular formula is C8H5Cl2F3O2. The zero-order valence-electron chi connectivity index (χ0n) is 7.05. The molecule has 0 aliphatic heterocycles. The van der Waals surface area contributed by atoms with Crippen LogP contribution in [0.3, 0.4) is 0 Å². The Morgan fingerprint density at radius 2 is 2.00 bits per heavy atom. The van der Waals surface area contributed by atoms with E-state index in [-0.39, 0.29) is 0 Å². The minimum atomic E-state index is -4.69. The van der Waals surface area contributed by atoms with Crippen molar-refractivity contribution in [3.63, 3.8) is 0 Å². The number of halogens is 5. The van der Waals surface area contributed by atoms with Crippen LogP contribution in [0.15, 0.2) is 23.8 Å². The quantitative estimate of drug-likeness (QED) is 0.737. The summed E-state index contributed by atoms with van der Waals surface area (Å²) in [5.41, 5.74) is -0.478.